The van der Waals surface area contributed by atoms with Gasteiger partial charge in [0.1, 0.15) is 11.8 Å². The maximum Gasteiger partial charge on any atom is 0.328 e. The molecule has 2 aliphatic rings. The fourth-order valence-electron chi connectivity index (χ4n) is 4.32. The van der Waals surface area contributed by atoms with Crippen molar-refractivity contribution in [2.45, 2.75) is 58.0 Å². The molecule has 2 saturated heterocycles. The maximum absolute atomic E-state index is 13.0. The predicted molar refractivity (Wildman–Crippen MR) is 107 cm³/mol. The van der Waals surface area contributed by atoms with E-state index in [0.29, 0.717) is 32.7 Å². The number of likely N-dealkylation sites (tertiary alicyclic amines) is 2. The van der Waals surface area contributed by atoms with E-state index in [1.54, 1.807) is 11.8 Å². The van der Waals surface area contributed by atoms with E-state index >= 15 is 0 Å². The molecule has 0 aliphatic carbocycles. The van der Waals surface area contributed by atoms with Gasteiger partial charge in [-0.15, -0.1) is 0 Å². The van der Waals surface area contributed by atoms with Crippen molar-refractivity contribution in [3.8, 4) is 5.75 Å². The standard InChI is InChI=1S/C22H32N2O4/c1-3-27-18-12-10-17(11-13-18)19-9-7-14-23(19)16-21(25)24-15-6-5-8-20(24)22(26)28-4-2/h10-13,19-20H,3-9,14-16H2,1-2H3/t19-,20+/m0/s1. The zero-order valence-electron chi connectivity index (χ0n) is 17.1. The van der Waals surface area contributed by atoms with Gasteiger partial charge in [0.25, 0.3) is 0 Å². The second kappa shape index (κ2) is 9.92. The number of carbonyl (C=O) groups excluding carboxylic acids is 2. The number of amides is 1. The maximum atomic E-state index is 13.0. The molecule has 2 fully saturated rings. The molecule has 0 aromatic heterocycles. The summed E-state index contributed by atoms with van der Waals surface area (Å²) in [7, 11) is 0. The van der Waals surface area contributed by atoms with Gasteiger partial charge >= 0.3 is 5.97 Å². The summed E-state index contributed by atoms with van der Waals surface area (Å²) in [6, 6.07) is 8.01. The number of rotatable bonds is 7. The van der Waals surface area contributed by atoms with Crippen molar-refractivity contribution in [1.82, 2.24) is 9.80 Å². The van der Waals surface area contributed by atoms with Gasteiger partial charge in [0.15, 0.2) is 0 Å². The van der Waals surface area contributed by atoms with E-state index in [0.717, 1.165) is 38.0 Å². The topological polar surface area (TPSA) is 59.1 Å². The molecule has 2 atom stereocenters. The Balaban J connectivity index is 1.65. The molecule has 3 rings (SSSR count). The lowest BCUT2D eigenvalue weighted by Gasteiger charge is -2.36. The Morgan fingerprint density at radius 1 is 1.00 bits per heavy atom. The molecule has 2 aliphatic heterocycles. The van der Waals surface area contributed by atoms with Crippen molar-refractivity contribution in [2.75, 3.05) is 32.8 Å². The van der Waals surface area contributed by atoms with E-state index in [2.05, 4.69) is 17.0 Å². The van der Waals surface area contributed by atoms with Gasteiger partial charge in [-0.3, -0.25) is 9.69 Å². The van der Waals surface area contributed by atoms with Crippen LogP contribution >= 0.6 is 0 Å². The second-order valence-electron chi connectivity index (χ2n) is 7.48. The average molecular weight is 389 g/mol. The minimum atomic E-state index is -0.423. The molecule has 6 heteroatoms. The van der Waals surface area contributed by atoms with Gasteiger partial charge < -0.3 is 14.4 Å². The largest absolute Gasteiger partial charge is 0.494 e. The van der Waals surface area contributed by atoms with E-state index in [4.69, 9.17) is 9.47 Å². The van der Waals surface area contributed by atoms with E-state index < -0.39 is 6.04 Å². The SMILES string of the molecule is CCOC(=O)[C@H]1CCCCN1C(=O)CN1CCC[C@H]1c1ccc(OCC)cc1. The minimum absolute atomic E-state index is 0.0376. The second-order valence-corrected chi connectivity index (χ2v) is 7.48. The fourth-order valence-corrected chi connectivity index (χ4v) is 4.32. The number of esters is 1. The van der Waals surface area contributed by atoms with Crippen LogP contribution in [0, 0.1) is 0 Å². The van der Waals surface area contributed by atoms with Gasteiger partial charge in [-0.25, -0.2) is 4.79 Å². The summed E-state index contributed by atoms with van der Waals surface area (Å²) in [5.74, 6) is 0.646. The Labute approximate surface area is 167 Å². The summed E-state index contributed by atoms with van der Waals surface area (Å²) in [5.41, 5.74) is 1.22. The van der Waals surface area contributed by atoms with Gasteiger partial charge in [-0.2, -0.15) is 0 Å². The summed E-state index contributed by atoms with van der Waals surface area (Å²) in [6.45, 7) is 6.68. The zero-order chi connectivity index (χ0) is 19.9. The molecule has 154 valence electrons. The summed E-state index contributed by atoms with van der Waals surface area (Å²) in [6.07, 6.45) is 4.73. The monoisotopic (exact) mass is 388 g/mol. The van der Waals surface area contributed by atoms with Crippen molar-refractivity contribution in [2.24, 2.45) is 0 Å². The Bertz CT molecular complexity index is 661. The van der Waals surface area contributed by atoms with Crippen LogP contribution in [-0.2, 0) is 14.3 Å². The van der Waals surface area contributed by atoms with Crippen LogP contribution in [0.3, 0.4) is 0 Å². The molecule has 0 saturated carbocycles. The number of carbonyl (C=O) groups is 2. The molecular formula is C22H32N2O4. The van der Waals surface area contributed by atoms with Crippen LogP contribution in [0.15, 0.2) is 24.3 Å². The lowest BCUT2D eigenvalue weighted by atomic mass is 10.0. The Morgan fingerprint density at radius 3 is 2.50 bits per heavy atom. The summed E-state index contributed by atoms with van der Waals surface area (Å²) in [4.78, 5) is 29.3. The lowest BCUT2D eigenvalue weighted by Crippen LogP contribution is -2.51. The number of benzene rings is 1. The van der Waals surface area contributed by atoms with Crippen LogP contribution < -0.4 is 4.74 Å². The van der Waals surface area contributed by atoms with Gasteiger partial charge in [0.05, 0.1) is 19.8 Å². The highest BCUT2D eigenvalue weighted by atomic mass is 16.5. The molecule has 0 unspecified atom stereocenters. The highest BCUT2D eigenvalue weighted by Gasteiger charge is 2.35. The molecule has 0 N–H and O–H groups in total. The first-order valence-corrected chi connectivity index (χ1v) is 10.6. The van der Waals surface area contributed by atoms with Gasteiger partial charge in [-0.1, -0.05) is 12.1 Å². The van der Waals surface area contributed by atoms with E-state index in [1.807, 2.05) is 19.1 Å². The summed E-state index contributed by atoms with van der Waals surface area (Å²) < 4.78 is 10.7. The quantitative estimate of drug-likeness (QED) is 0.672. The molecular weight excluding hydrogens is 356 g/mol. The number of piperidine rings is 1. The lowest BCUT2D eigenvalue weighted by molar-refractivity contribution is -0.157. The molecule has 0 radical (unpaired) electrons. The molecule has 0 bridgehead atoms. The fraction of sp³-hybridized carbons (Fsp3) is 0.636. The molecule has 6 nitrogen and oxygen atoms in total. The van der Waals surface area contributed by atoms with Crippen LogP contribution in [0.1, 0.15) is 57.6 Å². The number of nitrogens with zero attached hydrogens (tertiary/aromatic N) is 2. The molecule has 1 aromatic carbocycles. The van der Waals surface area contributed by atoms with Crippen LogP contribution in [0.25, 0.3) is 0 Å². The molecule has 1 amide bonds. The molecule has 0 spiro atoms. The predicted octanol–water partition coefficient (Wildman–Crippen LogP) is 3.17. The summed E-state index contributed by atoms with van der Waals surface area (Å²) in [5, 5.41) is 0. The highest BCUT2D eigenvalue weighted by molar-refractivity contribution is 5.86. The van der Waals surface area contributed by atoms with Crippen molar-refractivity contribution >= 4 is 11.9 Å². The van der Waals surface area contributed by atoms with Crippen molar-refractivity contribution < 1.29 is 19.1 Å². The Hall–Kier alpha value is -2.08. The first kappa shape index (κ1) is 20.6. The van der Waals surface area contributed by atoms with E-state index in [-0.39, 0.29) is 17.9 Å². The first-order chi connectivity index (χ1) is 13.6. The van der Waals surface area contributed by atoms with Crippen molar-refractivity contribution in [1.29, 1.82) is 0 Å². The molecule has 2 heterocycles. The van der Waals surface area contributed by atoms with Crippen LogP contribution in [0.5, 0.6) is 5.75 Å². The number of hydrogen-bond donors (Lipinski definition) is 0. The molecule has 1 aromatic rings. The van der Waals surface area contributed by atoms with E-state index in [9.17, 15) is 9.59 Å². The number of hydrogen-bond acceptors (Lipinski definition) is 5. The Morgan fingerprint density at radius 2 is 1.79 bits per heavy atom. The van der Waals surface area contributed by atoms with Crippen LogP contribution in [0.4, 0.5) is 0 Å². The minimum Gasteiger partial charge on any atom is -0.494 e. The van der Waals surface area contributed by atoms with Gasteiger partial charge in [0, 0.05) is 12.6 Å². The first-order valence-electron chi connectivity index (χ1n) is 10.6. The van der Waals surface area contributed by atoms with Crippen LogP contribution in [-0.4, -0.2) is 60.6 Å². The highest BCUT2D eigenvalue weighted by Crippen LogP contribution is 2.33. The van der Waals surface area contributed by atoms with Gasteiger partial charge in [-0.05, 0) is 70.2 Å². The van der Waals surface area contributed by atoms with Crippen molar-refractivity contribution in [3.05, 3.63) is 29.8 Å². The average Bonchev–Trinajstić information content (AvgIpc) is 3.17. The van der Waals surface area contributed by atoms with Crippen LogP contribution in [0.2, 0.25) is 0 Å². The third kappa shape index (κ3) is 4.85. The summed E-state index contributed by atoms with van der Waals surface area (Å²) >= 11 is 0. The smallest absolute Gasteiger partial charge is 0.328 e. The van der Waals surface area contributed by atoms with Gasteiger partial charge in [0.2, 0.25) is 5.91 Å². The number of ether oxygens (including phenoxy) is 2. The third-order valence-corrected chi connectivity index (χ3v) is 5.66. The zero-order valence-corrected chi connectivity index (χ0v) is 17.1. The third-order valence-electron chi connectivity index (χ3n) is 5.66. The Kier molecular flexibility index (Phi) is 7.31. The van der Waals surface area contributed by atoms with Crippen molar-refractivity contribution in [3.63, 3.8) is 0 Å². The molecule has 28 heavy (non-hydrogen) atoms. The normalized spacial score (nSPS) is 22.9. The van der Waals surface area contributed by atoms with E-state index in [1.165, 1.54) is 5.56 Å².